The van der Waals surface area contributed by atoms with Crippen LogP contribution >= 0.6 is 27.5 Å². The van der Waals surface area contributed by atoms with Gasteiger partial charge in [-0.2, -0.15) is 5.10 Å². The van der Waals surface area contributed by atoms with Gasteiger partial charge in [0.25, 0.3) is 0 Å². The average Bonchev–Trinajstić information content (AvgIpc) is 2.27. The molecule has 1 heterocycles. The Labute approximate surface area is 108 Å². The summed E-state index contributed by atoms with van der Waals surface area (Å²) in [5, 5.41) is 8.30. The molecule has 0 fully saturated rings. The van der Waals surface area contributed by atoms with Gasteiger partial charge in [0, 0.05) is 6.42 Å². The van der Waals surface area contributed by atoms with Gasteiger partial charge in [-0.3, -0.25) is 0 Å². The van der Waals surface area contributed by atoms with Crippen LogP contribution in [0.25, 0.3) is 0 Å². The predicted molar refractivity (Wildman–Crippen MR) is 68.7 cm³/mol. The number of nitrogens with zero attached hydrogens (tertiary/aromatic N) is 2. The second kappa shape index (κ2) is 4.93. The number of benzene rings is 1. The summed E-state index contributed by atoms with van der Waals surface area (Å²) in [6.07, 6.45) is 0.767. The minimum Gasteiger partial charge on any atom is -0.154 e. The third-order valence-corrected chi connectivity index (χ3v) is 3.37. The first-order valence-electron chi connectivity index (χ1n) is 4.88. The molecule has 0 aliphatic carbocycles. The minimum atomic E-state index is 0.396. The second-order valence-corrected chi connectivity index (χ2v) is 4.85. The Balaban J connectivity index is 2.20. The van der Waals surface area contributed by atoms with E-state index >= 15 is 0 Å². The molecule has 4 heteroatoms. The number of hydrogen-bond donors (Lipinski definition) is 0. The van der Waals surface area contributed by atoms with Crippen molar-refractivity contribution in [2.75, 3.05) is 0 Å². The van der Waals surface area contributed by atoms with E-state index in [4.69, 9.17) is 11.6 Å². The molecular weight excluding hydrogens is 288 g/mol. The largest absolute Gasteiger partial charge is 0.165 e. The summed E-state index contributed by atoms with van der Waals surface area (Å²) in [6, 6.07) is 10.3. The summed E-state index contributed by atoms with van der Waals surface area (Å²) in [7, 11) is 0. The van der Waals surface area contributed by atoms with Crippen molar-refractivity contribution in [2.24, 2.45) is 0 Å². The summed E-state index contributed by atoms with van der Waals surface area (Å²) < 4.78 is 0.784. The summed E-state index contributed by atoms with van der Waals surface area (Å²) in [5.41, 5.74) is 3.38. The molecule has 2 nitrogen and oxygen atoms in total. The minimum absolute atomic E-state index is 0.396. The average molecular weight is 298 g/mol. The highest BCUT2D eigenvalue weighted by Crippen LogP contribution is 2.20. The Morgan fingerprint density at radius 1 is 1.19 bits per heavy atom. The lowest BCUT2D eigenvalue weighted by Gasteiger charge is -2.02. The third-order valence-electron chi connectivity index (χ3n) is 2.26. The number of hydrogen-bond acceptors (Lipinski definition) is 2. The molecule has 0 aliphatic rings. The quantitative estimate of drug-likeness (QED) is 0.843. The molecule has 1 aromatic heterocycles. The molecule has 0 bridgehead atoms. The lowest BCUT2D eigenvalue weighted by molar-refractivity contribution is 0.931. The van der Waals surface area contributed by atoms with Crippen LogP contribution in [0.3, 0.4) is 0 Å². The molecule has 0 radical (unpaired) electrons. The Bertz CT molecular complexity index is 497. The van der Waals surface area contributed by atoms with E-state index in [2.05, 4.69) is 57.3 Å². The van der Waals surface area contributed by atoms with Crippen LogP contribution < -0.4 is 0 Å². The maximum atomic E-state index is 5.78. The predicted octanol–water partition coefficient (Wildman–Crippen LogP) is 3.79. The maximum Gasteiger partial charge on any atom is 0.165 e. The standard InChI is InChI=1S/C12H10BrClN2/c1-8-2-4-9(5-3-8)6-10-7-11(13)12(14)16-15-10/h2-5,7H,6H2,1H3. The Hall–Kier alpha value is -0.930. The van der Waals surface area contributed by atoms with Crippen molar-refractivity contribution in [3.63, 3.8) is 0 Å². The van der Waals surface area contributed by atoms with Crippen molar-refractivity contribution in [1.29, 1.82) is 0 Å². The normalized spacial score (nSPS) is 10.4. The zero-order valence-electron chi connectivity index (χ0n) is 8.74. The Morgan fingerprint density at radius 3 is 2.50 bits per heavy atom. The summed E-state index contributed by atoms with van der Waals surface area (Å²) in [4.78, 5) is 0. The lowest BCUT2D eigenvalue weighted by Crippen LogP contribution is -1.95. The molecule has 1 aromatic carbocycles. The van der Waals surface area contributed by atoms with Crippen molar-refractivity contribution in [3.8, 4) is 0 Å². The molecule has 0 saturated carbocycles. The molecule has 0 atom stereocenters. The van der Waals surface area contributed by atoms with Crippen LogP contribution in [0.1, 0.15) is 16.8 Å². The van der Waals surface area contributed by atoms with E-state index in [1.165, 1.54) is 11.1 Å². The summed E-state index contributed by atoms with van der Waals surface area (Å²) in [6.45, 7) is 2.07. The van der Waals surface area contributed by atoms with Crippen LogP contribution in [-0.4, -0.2) is 10.2 Å². The highest BCUT2D eigenvalue weighted by molar-refractivity contribution is 9.10. The number of halogens is 2. The van der Waals surface area contributed by atoms with Crippen molar-refractivity contribution in [3.05, 3.63) is 56.8 Å². The van der Waals surface area contributed by atoms with E-state index < -0.39 is 0 Å². The molecule has 0 aliphatic heterocycles. The van der Waals surface area contributed by atoms with Crippen molar-refractivity contribution >= 4 is 27.5 Å². The van der Waals surface area contributed by atoms with Gasteiger partial charge in [0.2, 0.25) is 0 Å². The highest BCUT2D eigenvalue weighted by atomic mass is 79.9. The SMILES string of the molecule is Cc1ccc(Cc2cc(Br)c(Cl)nn2)cc1. The molecule has 2 rings (SSSR count). The number of rotatable bonds is 2. The van der Waals surface area contributed by atoms with Gasteiger partial charge in [-0.05, 0) is 34.5 Å². The Kier molecular flexibility index (Phi) is 3.56. The fraction of sp³-hybridized carbons (Fsp3) is 0.167. The molecule has 0 N–H and O–H groups in total. The summed E-state index contributed by atoms with van der Waals surface area (Å²) >= 11 is 9.12. The van der Waals surface area contributed by atoms with Gasteiger partial charge in [-0.25, -0.2) is 0 Å². The molecule has 0 amide bonds. The monoisotopic (exact) mass is 296 g/mol. The molecule has 2 aromatic rings. The van der Waals surface area contributed by atoms with Crippen LogP contribution in [0.5, 0.6) is 0 Å². The van der Waals surface area contributed by atoms with Crippen molar-refractivity contribution in [1.82, 2.24) is 10.2 Å². The van der Waals surface area contributed by atoms with Gasteiger partial charge in [-0.1, -0.05) is 41.4 Å². The van der Waals surface area contributed by atoms with E-state index in [-0.39, 0.29) is 0 Å². The summed E-state index contributed by atoms with van der Waals surface area (Å²) in [5.74, 6) is 0. The van der Waals surface area contributed by atoms with Gasteiger partial charge in [0.05, 0.1) is 10.2 Å². The smallest absolute Gasteiger partial charge is 0.154 e. The van der Waals surface area contributed by atoms with Crippen LogP contribution in [0.2, 0.25) is 5.15 Å². The molecule has 0 spiro atoms. The zero-order valence-corrected chi connectivity index (χ0v) is 11.1. The zero-order chi connectivity index (χ0) is 11.5. The lowest BCUT2D eigenvalue weighted by atomic mass is 10.1. The van der Waals surface area contributed by atoms with E-state index in [0.717, 1.165) is 16.6 Å². The van der Waals surface area contributed by atoms with Crippen molar-refractivity contribution in [2.45, 2.75) is 13.3 Å². The number of aromatic nitrogens is 2. The van der Waals surface area contributed by atoms with E-state index in [1.54, 1.807) is 0 Å². The van der Waals surface area contributed by atoms with Gasteiger partial charge in [-0.15, -0.1) is 5.10 Å². The first-order valence-corrected chi connectivity index (χ1v) is 6.05. The molecule has 0 saturated heterocycles. The van der Waals surface area contributed by atoms with Crippen molar-refractivity contribution < 1.29 is 0 Å². The van der Waals surface area contributed by atoms with Gasteiger partial charge in [0.1, 0.15) is 0 Å². The Morgan fingerprint density at radius 2 is 1.88 bits per heavy atom. The first kappa shape index (κ1) is 11.6. The van der Waals surface area contributed by atoms with Crippen LogP contribution in [-0.2, 0) is 6.42 Å². The molecule has 16 heavy (non-hydrogen) atoms. The fourth-order valence-electron chi connectivity index (χ4n) is 1.39. The van der Waals surface area contributed by atoms with Crippen LogP contribution in [0.4, 0.5) is 0 Å². The topological polar surface area (TPSA) is 25.8 Å². The highest BCUT2D eigenvalue weighted by Gasteiger charge is 2.03. The first-order chi connectivity index (χ1) is 7.65. The van der Waals surface area contributed by atoms with E-state index in [0.29, 0.717) is 5.15 Å². The van der Waals surface area contributed by atoms with Crippen LogP contribution in [0.15, 0.2) is 34.8 Å². The second-order valence-electron chi connectivity index (χ2n) is 3.64. The van der Waals surface area contributed by atoms with Gasteiger partial charge >= 0.3 is 0 Å². The van der Waals surface area contributed by atoms with E-state index in [9.17, 15) is 0 Å². The molecular formula is C12H10BrClN2. The third kappa shape index (κ3) is 2.80. The molecule has 0 unspecified atom stereocenters. The maximum absolute atomic E-state index is 5.78. The fourth-order valence-corrected chi connectivity index (χ4v) is 1.83. The van der Waals surface area contributed by atoms with E-state index in [1.807, 2.05) is 6.07 Å². The number of aryl methyl sites for hydroxylation is 1. The van der Waals surface area contributed by atoms with Gasteiger partial charge < -0.3 is 0 Å². The molecule has 82 valence electrons. The van der Waals surface area contributed by atoms with Crippen LogP contribution in [0, 0.1) is 6.92 Å². The van der Waals surface area contributed by atoms with Gasteiger partial charge in [0.15, 0.2) is 5.15 Å².